The molecule has 0 aliphatic carbocycles. The van der Waals surface area contributed by atoms with E-state index < -0.39 is 0 Å². The van der Waals surface area contributed by atoms with Crippen LogP contribution in [0.5, 0.6) is 0 Å². The summed E-state index contributed by atoms with van der Waals surface area (Å²) < 4.78 is 5.07. The van der Waals surface area contributed by atoms with E-state index in [0.29, 0.717) is 25.3 Å². The third kappa shape index (κ3) is 4.89. The predicted octanol–water partition coefficient (Wildman–Crippen LogP) is 1.80. The lowest BCUT2D eigenvalue weighted by Gasteiger charge is -2.26. The summed E-state index contributed by atoms with van der Waals surface area (Å²) >= 11 is 0. The fraction of sp³-hybridized carbons (Fsp3) is 0.471. The zero-order valence-corrected chi connectivity index (χ0v) is 13.3. The van der Waals surface area contributed by atoms with Crippen LogP contribution in [0.3, 0.4) is 0 Å². The number of hydrogen-bond donors (Lipinski definition) is 1. The monoisotopic (exact) mass is 288 g/mol. The van der Waals surface area contributed by atoms with Crippen LogP contribution < -0.4 is 5.73 Å². The molecule has 0 saturated heterocycles. The molecule has 0 radical (unpaired) electrons. The SMILES string of the molecule is COCCN(C(=O)c1ccc(C)c(C#CCN)c1)C(C)C. The highest BCUT2D eigenvalue weighted by Crippen LogP contribution is 2.14. The highest BCUT2D eigenvalue weighted by Gasteiger charge is 2.18. The maximum Gasteiger partial charge on any atom is 0.254 e. The second-order valence-corrected chi connectivity index (χ2v) is 5.12. The van der Waals surface area contributed by atoms with Gasteiger partial charge in [-0.2, -0.15) is 0 Å². The van der Waals surface area contributed by atoms with Crippen LogP contribution in [0, 0.1) is 18.8 Å². The molecule has 0 aromatic heterocycles. The van der Waals surface area contributed by atoms with E-state index in [9.17, 15) is 4.79 Å². The standard InChI is InChI=1S/C17H24N2O2/c1-13(2)19(10-11-21-4)17(20)16-8-7-14(3)15(12-16)6-5-9-18/h7-8,12-13H,9-11,18H2,1-4H3. The molecule has 4 heteroatoms. The van der Waals surface area contributed by atoms with Gasteiger partial charge in [0.25, 0.3) is 5.91 Å². The van der Waals surface area contributed by atoms with E-state index >= 15 is 0 Å². The van der Waals surface area contributed by atoms with Gasteiger partial charge >= 0.3 is 0 Å². The van der Waals surface area contributed by atoms with E-state index in [-0.39, 0.29) is 11.9 Å². The topological polar surface area (TPSA) is 55.6 Å². The average Bonchev–Trinajstić information content (AvgIpc) is 2.46. The zero-order valence-electron chi connectivity index (χ0n) is 13.3. The van der Waals surface area contributed by atoms with Gasteiger partial charge in [-0.1, -0.05) is 17.9 Å². The number of nitrogens with zero attached hydrogens (tertiary/aromatic N) is 1. The fourth-order valence-electron chi connectivity index (χ4n) is 1.99. The van der Waals surface area contributed by atoms with E-state index in [1.807, 2.05) is 39.0 Å². The Balaban J connectivity index is 3.05. The third-order valence-corrected chi connectivity index (χ3v) is 3.23. The number of ether oxygens (including phenoxy) is 1. The van der Waals surface area contributed by atoms with Gasteiger partial charge in [0.2, 0.25) is 0 Å². The maximum atomic E-state index is 12.6. The molecule has 0 heterocycles. The number of benzene rings is 1. The molecular formula is C17H24N2O2. The minimum absolute atomic E-state index is 0.00199. The van der Waals surface area contributed by atoms with Crippen molar-refractivity contribution in [2.45, 2.75) is 26.8 Å². The lowest BCUT2D eigenvalue weighted by Crippen LogP contribution is -2.39. The Bertz CT molecular complexity index is 541. The molecule has 114 valence electrons. The summed E-state index contributed by atoms with van der Waals surface area (Å²) in [6.07, 6.45) is 0. The van der Waals surface area contributed by atoms with Crippen molar-refractivity contribution in [2.75, 3.05) is 26.8 Å². The molecular weight excluding hydrogens is 264 g/mol. The summed E-state index contributed by atoms with van der Waals surface area (Å²) in [6.45, 7) is 7.37. The molecule has 0 spiro atoms. The third-order valence-electron chi connectivity index (χ3n) is 3.23. The van der Waals surface area contributed by atoms with Gasteiger partial charge in [0.05, 0.1) is 13.2 Å². The minimum atomic E-state index is -0.00199. The molecule has 1 aromatic carbocycles. The number of carbonyl (C=O) groups excluding carboxylic acids is 1. The van der Waals surface area contributed by atoms with Crippen LogP contribution in [-0.2, 0) is 4.74 Å². The molecule has 0 unspecified atom stereocenters. The Kier molecular flexibility index (Phi) is 6.93. The van der Waals surface area contributed by atoms with Crippen molar-refractivity contribution < 1.29 is 9.53 Å². The lowest BCUT2D eigenvalue weighted by molar-refractivity contribution is 0.0635. The summed E-state index contributed by atoms with van der Waals surface area (Å²) in [5.74, 6) is 5.84. The molecule has 0 fully saturated rings. The summed E-state index contributed by atoms with van der Waals surface area (Å²) in [5, 5.41) is 0. The smallest absolute Gasteiger partial charge is 0.254 e. The average molecular weight is 288 g/mol. The number of rotatable bonds is 5. The minimum Gasteiger partial charge on any atom is -0.383 e. The number of nitrogens with two attached hydrogens (primary N) is 1. The predicted molar refractivity (Wildman–Crippen MR) is 85.2 cm³/mol. The first-order valence-electron chi connectivity index (χ1n) is 7.10. The van der Waals surface area contributed by atoms with Crippen LogP contribution in [0.1, 0.15) is 35.3 Å². The van der Waals surface area contributed by atoms with E-state index in [0.717, 1.165) is 11.1 Å². The van der Waals surface area contributed by atoms with Crippen molar-refractivity contribution in [3.05, 3.63) is 34.9 Å². The molecule has 1 amide bonds. The zero-order chi connectivity index (χ0) is 15.8. The van der Waals surface area contributed by atoms with E-state index in [1.54, 1.807) is 12.0 Å². The summed E-state index contributed by atoms with van der Waals surface area (Å²) in [5.41, 5.74) is 7.94. The summed E-state index contributed by atoms with van der Waals surface area (Å²) in [7, 11) is 1.63. The highest BCUT2D eigenvalue weighted by atomic mass is 16.5. The fourth-order valence-corrected chi connectivity index (χ4v) is 1.99. The number of carbonyl (C=O) groups is 1. The van der Waals surface area contributed by atoms with E-state index in [4.69, 9.17) is 10.5 Å². The van der Waals surface area contributed by atoms with Crippen molar-refractivity contribution >= 4 is 5.91 Å². The number of aryl methyl sites for hydroxylation is 1. The molecule has 0 saturated carbocycles. The van der Waals surface area contributed by atoms with Crippen LogP contribution in [0.4, 0.5) is 0 Å². The molecule has 2 N–H and O–H groups in total. The molecule has 1 rings (SSSR count). The number of hydrogen-bond acceptors (Lipinski definition) is 3. The Morgan fingerprint density at radius 3 is 2.71 bits per heavy atom. The molecule has 0 atom stereocenters. The normalized spacial score (nSPS) is 10.2. The molecule has 0 aliphatic rings. The van der Waals surface area contributed by atoms with Gasteiger partial charge < -0.3 is 15.4 Å². The Hall–Kier alpha value is -1.83. The van der Waals surface area contributed by atoms with Gasteiger partial charge in [-0.05, 0) is 38.5 Å². The molecule has 0 bridgehead atoms. The number of methoxy groups -OCH3 is 1. The second kappa shape index (κ2) is 8.46. The maximum absolute atomic E-state index is 12.6. The van der Waals surface area contributed by atoms with Crippen LogP contribution in [-0.4, -0.2) is 43.7 Å². The Morgan fingerprint density at radius 2 is 2.14 bits per heavy atom. The highest BCUT2D eigenvalue weighted by molar-refractivity contribution is 5.95. The van der Waals surface area contributed by atoms with Crippen molar-refractivity contribution in [1.82, 2.24) is 4.90 Å². The molecule has 21 heavy (non-hydrogen) atoms. The van der Waals surface area contributed by atoms with E-state index in [1.165, 1.54) is 0 Å². The largest absolute Gasteiger partial charge is 0.383 e. The molecule has 0 aliphatic heterocycles. The van der Waals surface area contributed by atoms with Crippen molar-refractivity contribution in [1.29, 1.82) is 0 Å². The van der Waals surface area contributed by atoms with Crippen LogP contribution in [0.15, 0.2) is 18.2 Å². The van der Waals surface area contributed by atoms with Gasteiger partial charge in [-0.25, -0.2) is 0 Å². The van der Waals surface area contributed by atoms with Gasteiger partial charge in [0.15, 0.2) is 0 Å². The van der Waals surface area contributed by atoms with E-state index in [2.05, 4.69) is 11.8 Å². The Morgan fingerprint density at radius 1 is 1.43 bits per heavy atom. The van der Waals surface area contributed by atoms with Gasteiger partial charge in [0.1, 0.15) is 0 Å². The second-order valence-electron chi connectivity index (χ2n) is 5.12. The van der Waals surface area contributed by atoms with Crippen molar-refractivity contribution in [2.24, 2.45) is 5.73 Å². The Labute approximate surface area is 127 Å². The van der Waals surface area contributed by atoms with Crippen molar-refractivity contribution in [3.8, 4) is 11.8 Å². The van der Waals surface area contributed by atoms with Gasteiger partial charge in [0, 0.05) is 30.8 Å². The van der Waals surface area contributed by atoms with Gasteiger partial charge in [-0.15, -0.1) is 0 Å². The van der Waals surface area contributed by atoms with Crippen LogP contribution >= 0.6 is 0 Å². The first kappa shape index (κ1) is 17.2. The van der Waals surface area contributed by atoms with Crippen LogP contribution in [0.25, 0.3) is 0 Å². The summed E-state index contributed by atoms with van der Waals surface area (Å²) in [6, 6.07) is 5.71. The van der Waals surface area contributed by atoms with Crippen molar-refractivity contribution in [3.63, 3.8) is 0 Å². The lowest BCUT2D eigenvalue weighted by atomic mass is 10.0. The summed E-state index contributed by atoms with van der Waals surface area (Å²) in [4.78, 5) is 14.4. The van der Waals surface area contributed by atoms with Crippen LogP contribution in [0.2, 0.25) is 0 Å². The molecule has 4 nitrogen and oxygen atoms in total. The van der Waals surface area contributed by atoms with Gasteiger partial charge in [-0.3, -0.25) is 4.79 Å². The molecule has 1 aromatic rings. The number of amides is 1. The first-order chi connectivity index (χ1) is 10.0. The quantitative estimate of drug-likeness (QED) is 0.841. The first-order valence-corrected chi connectivity index (χ1v) is 7.10.